The fraction of sp³-hybridized carbons (Fsp3) is 0.250. The number of Topliss-reactive ketones (excluding diaryl/α,β-unsaturated/α-hetero) is 1. The molecule has 3 aromatic rings. The van der Waals surface area contributed by atoms with E-state index in [-0.39, 0.29) is 18.0 Å². The van der Waals surface area contributed by atoms with Crippen molar-refractivity contribution < 1.29 is 14.0 Å². The van der Waals surface area contributed by atoms with Crippen LogP contribution in [0.4, 0.5) is 0 Å². The number of primary amides is 1. The molecule has 0 bridgehead atoms. The molecule has 25 heavy (non-hydrogen) atoms. The number of thiophene rings is 1. The Kier molecular flexibility index (Phi) is 5.05. The third kappa shape index (κ3) is 3.83. The normalized spacial score (nSPS) is 11.0. The van der Waals surface area contributed by atoms with Gasteiger partial charge in [0.2, 0.25) is 5.91 Å². The van der Waals surface area contributed by atoms with E-state index < -0.39 is 5.91 Å². The fourth-order valence-corrected chi connectivity index (χ4v) is 4.13. The number of aromatic nitrogens is 3. The average Bonchev–Trinajstić information content (AvgIpc) is 3.26. The number of nitrogens with zero attached hydrogens (tertiary/aromatic N) is 3. The second-order valence-electron chi connectivity index (χ2n) is 5.38. The van der Waals surface area contributed by atoms with Gasteiger partial charge in [-0.1, -0.05) is 11.8 Å². The van der Waals surface area contributed by atoms with Crippen molar-refractivity contribution in [3.8, 4) is 11.4 Å². The third-order valence-electron chi connectivity index (χ3n) is 3.55. The van der Waals surface area contributed by atoms with Crippen molar-refractivity contribution in [1.29, 1.82) is 0 Å². The minimum absolute atomic E-state index is 0.0187. The Labute approximate surface area is 152 Å². The Bertz CT molecular complexity index is 926. The van der Waals surface area contributed by atoms with Gasteiger partial charge in [-0.15, -0.1) is 21.5 Å². The van der Waals surface area contributed by atoms with Crippen molar-refractivity contribution in [2.24, 2.45) is 12.8 Å². The lowest BCUT2D eigenvalue weighted by Gasteiger charge is -2.02. The molecule has 0 spiro atoms. The molecule has 0 saturated carbocycles. The van der Waals surface area contributed by atoms with E-state index in [1.165, 1.54) is 23.1 Å². The van der Waals surface area contributed by atoms with Crippen LogP contribution in [0.25, 0.3) is 11.4 Å². The van der Waals surface area contributed by atoms with Gasteiger partial charge in [-0.2, -0.15) is 0 Å². The molecule has 0 atom stereocenters. The summed E-state index contributed by atoms with van der Waals surface area (Å²) in [6.45, 7) is 1.86. The Morgan fingerprint density at radius 3 is 2.80 bits per heavy atom. The topological polar surface area (TPSA) is 104 Å². The number of carbonyl (C=O) groups is 2. The van der Waals surface area contributed by atoms with Gasteiger partial charge in [0.05, 0.1) is 28.9 Å². The number of ketones is 1. The van der Waals surface area contributed by atoms with Gasteiger partial charge in [0.15, 0.2) is 16.8 Å². The number of aryl methyl sites for hydroxylation is 1. The molecule has 9 heteroatoms. The number of furan rings is 1. The summed E-state index contributed by atoms with van der Waals surface area (Å²) in [6.07, 6.45) is 1.76. The maximum absolute atomic E-state index is 12.3. The van der Waals surface area contributed by atoms with E-state index in [1.807, 2.05) is 24.6 Å². The van der Waals surface area contributed by atoms with Crippen LogP contribution in [0.15, 0.2) is 34.0 Å². The molecule has 0 saturated heterocycles. The van der Waals surface area contributed by atoms with E-state index >= 15 is 0 Å². The van der Waals surface area contributed by atoms with Gasteiger partial charge >= 0.3 is 0 Å². The molecular formula is C16H16N4O3S2. The Morgan fingerprint density at radius 1 is 1.32 bits per heavy atom. The summed E-state index contributed by atoms with van der Waals surface area (Å²) < 4.78 is 7.13. The Hall–Kier alpha value is -2.39. The van der Waals surface area contributed by atoms with Gasteiger partial charge in [0, 0.05) is 11.9 Å². The van der Waals surface area contributed by atoms with Gasteiger partial charge in [0.25, 0.3) is 0 Å². The van der Waals surface area contributed by atoms with E-state index in [2.05, 4.69) is 10.2 Å². The maximum Gasteiger partial charge on any atom is 0.222 e. The third-order valence-corrected chi connectivity index (χ3v) is 5.70. The standard InChI is InChI=1S/C16H16N4O3S2/c1-9-11(5-6-23-9)15-18-19-16(20(15)2)24-8-12(21)13-4-3-10(25-13)7-14(17)22/h3-6H,7-8H2,1-2H3,(H2,17,22). The van der Waals surface area contributed by atoms with E-state index in [0.717, 1.165) is 16.2 Å². The molecule has 0 unspecified atom stereocenters. The molecule has 2 N–H and O–H groups in total. The quantitative estimate of drug-likeness (QED) is 0.502. The molecule has 0 aromatic carbocycles. The molecule has 7 nitrogen and oxygen atoms in total. The summed E-state index contributed by atoms with van der Waals surface area (Å²) in [6, 6.07) is 5.32. The highest BCUT2D eigenvalue weighted by molar-refractivity contribution is 7.99. The second kappa shape index (κ2) is 7.24. The summed E-state index contributed by atoms with van der Waals surface area (Å²) >= 11 is 2.62. The molecule has 0 aliphatic rings. The van der Waals surface area contributed by atoms with Crippen molar-refractivity contribution in [3.63, 3.8) is 0 Å². The zero-order valence-electron chi connectivity index (χ0n) is 13.7. The maximum atomic E-state index is 12.3. The van der Waals surface area contributed by atoms with Crippen LogP contribution in [0, 0.1) is 6.92 Å². The number of hydrogen-bond acceptors (Lipinski definition) is 7. The van der Waals surface area contributed by atoms with Crippen molar-refractivity contribution in [3.05, 3.63) is 40.0 Å². The smallest absolute Gasteiger partial charge is 0.222 e. The summed E-state index contributed by atoms with van der Waals surface area (Å²) in [5, 5.41) is 8.98. The van der Waals surface area contributed by atoms with Crippen LogP contribution in [0.5, 0.6) is 0 Å². The first-order valence-corrected chi connectivity index (χ1v) is 9.22. The largest absolute Gasteiger partial charge is 0.469 e. The molecule has 3 aromatic heterocycles. The highest BCUT2D eigenvalue weighted by atomic mass is 32.2. The lowest BCUT2D eigenvalue weighted by molar-refractivity contribution is -0.117. The summed E-state index contributed by atoms with van der Waals surface area (Å²) in [5.74, 6) is 1.28. The van der Waals surface area contributed by atoms with E-state index in [0.29, 0.717) is 15.9 Å². The molecular weight excluding hydrogens is 360 g/mol. The second-order valence-corrected chi connectivity index (χ2v) is 7.49. The molecule has 3 rings (SSSR count). The van der Waals surface area contributed by atoms with Crippen LogP contribution in [0.3, 0.4) is 0 Å². The number of amides is 1. The predicted molar refractivity (Wildman–Crippen MR) is 95.7 cm³/mol. The summed E-state index contributed by atoms with van der Waals surface area (Å²) in [4.78, 5) is 24.7. The zero-order chi connectivity index (χ0) is 18.0. The first-order chi connectivity index (χ1) is 12.0. The molecule has 0 fully saturated rings. The minimum Gasteiger partial charge on any atom is -0.469 e. The van der Waals surface area contributed by atoms with Gasteiger partial charge < -0.3 is 14.7 Å². The van der Waals surface area contributed by atoms with Crippen LogP contribution in [0.2, 0.25) is 0 Å². The van der Waals surface area contributed by atoms with Crippen LogP contribution < -0.4 is 5.73 Å². The molecule has 130 valence electrons. The zero-order valence-corrected chi connectivity index (χ0v) is 15.3. The van der Waals surface area contributed by atoms with E-state index in [9.17, 15) is 9.59 Å². The van der Waals surface area contributed by atoms with E-state index in [4.69, 9.17) is 10.2 Å². The molecule has 3 heterocycles. The number of thioether (sulfide) groups is 1. The Morgan fingerprint density at radius 2 is 2.12 bits per heavy atom. The van der Waals surface area contributed by atoms with Crippen LogP contribution in [-0.4, -0.2) is 32.2 Å². The van der Waals surface area contributed by atoms with Crippen LogP contribution >= 0.6 is 23.1 Å². The fourth-order valence-electron chi connectivity index (χ4n) is 2.29. The van der Waals surface area contributed by atoms with Gasteiger partial charge in [0.1, 0.15) is 5.76 Å². The van der Waals surface area contributed by atoms with Gasteiger partial charge in [-0.3, -0.25) is 9.59 Å². The lowest BCUT2D eigenvalue weighted by atomic mass is 10.2. The number of hydrogen-bond donors (Lipinski definition) is 1. The first-order valence-electron chi connectivity index (χ1n) is 7.42. The summed E-state index contributed by atoms with van der Waals surface area (Å²) in [5.41, 5.74) is 6.05. The number of rotatable bonds is 7. The number of carbonyl (C=O) groups excluding carboxylic acids is 2. The van der Waals surface area contributed by atoms with Crippen LogP contribution in [-0.2, 0) is 18.3 Å². The van der Waals surface area contributed by atoms with Crippen LogP contribution in [0.1, 0.15) is 20.3 Å². The van der Waals surface area contributed by atoms with Crippen molar-refractivity contribution >= 4 is 34.8 Å². The van der Waals surface area contributed by atoms with Gasteiger partial charge in [-0.25, -0.2) is 0 Å². The highest BCUT2D eigenvalue weighted by Crippen LogP contribution is 2.27. The minimum atomic E-state index is -0.406. The lowest BCUT2D eigenvalue weighted by Crippen LogP contribution is -2.12. The Balaban J connectivity index is 1.67. The molecule has 0 aliphatic carbocycles. The monoisotopic (exact) mass is 376 g/mol. The predicted octanol–water partition coefficient (Wildman–Crippen LogP) is 2.45. The summed E-state index contributed by atoms with van der Waals surface area (Å²) in [7, 11) is 1.85. The van der Waals surface area contributed by atoms with Gasteiger partial charge in [-0.05, 0) is 25.1 Å². The molecule has 0 radical (unpaired) electrons. The first kappa shape index (κ1) is 17.4. The van der Waals surface area contributed by atoms with Crippen molar-refractivity contribution in [1.82, 2.24) is 14.8 Å². The van der Waals surface area contributed by atoms with E-state index in [1.54, 1.807) is 18.4 Å². The SMILES string of the molecule is Cc1occc1-c1nnc(SCC(=O)c2ccc(CC(N)=O)s2)n1C. The number of nitrogens with two attached hydrogens (primary N) is 1. The molecule has 1 amide bonds. The average molecular weight is 376 g/mol. The van der Waals surface area contributed by atoms with Crippen molar-refractivity contribution in [2.75, 3.05) is 5.75 Å². The highest BCUT2D eigenvalue weighted by Gasteiger charge is 2.17. The molecule has 0 aliphatic heterocycles. The van der Waals surface area contributed by atoms with Crippen molar-refractivity contribution in [2.45, 2.75) is 18.5 Å².